The van der Waals surface area contributed by atoms with E-state index in [1.807, 2.05) is 23.7 Å². The summed E-state index contributed by atoms with van der Waals surface area (Å²) in [5.41, 5.74) is 4.23. The summed E-state index contributed by atoms with van der Waals surface area (Å²) in [4.78, 5) is 8.22. The fourth-order valence-corrected chi connectivity index (χ4v) is 3.76. The minimum absolute atomic E-state index is 0.346. The monoisotopic (exact) mass is 332 g/mol. The molecule has 5 heteroatoms. The average Bonchev–Trinajstić information content (AvgIpc) is 2.99. The summed E-state index contributed by atoms with van der Waals surface area (Å²) in [5.74, 6) is 0.908. The standard InChI is InChI=1S/C18H24N2O2S/c1-14-18(23-13-19-14)11-20-9-7-16(8-10-20)22-12-15-5-3-4-6-17(15)21-2/h3-6,13,16H,7-12H2,1-2H3. The molecule has 0 amide bonds. The molecule has 0 unspecified atom stereocenters. The lowest BCUT2D eigenvalue weighted by Gasteiger charge is -2.31. The predicted octanol–water partition coefficient (Wildman–Crippen LogP) is 3.64. The smallest absolute Gasteiger partial charge is 0.124 e. The molecule has 1 aromatic heterocycles. The molecular weight excluding hydrogens is 308 g/mol. The molecule has 0 atom stereocenters. The van der Waals surface area contributed by atoms with Crippen molar-refractivity contribution in [3.63, 3.8) is 0 Å². The van der Waals surface area contributed by atoms with Crippen molar-refractivity contribution in [2.75, 3.05) is 20.2 Å². The summed E-state index contributed by atoms with van der Waals surface area (Å²) in [6.45, 7) is 5.93. The van der Waals surface area contributed by atoms with Crippen LogP contribution in [0, 0.1) is 6.92 Å². The van der Waals surface area contributed by atoms with E-state index < -0.39 is 0 Å². The Morgan fingerprint density at radius 2 is 2.04 bits per heavy atom. The number of hydrogen-bond donors (Lipinski definition) is 0. The first-order valence-electron chi connectivity index (χ1n) is 8.11. The predicted molar refractivity (Wildman–Crippen MR) is 92.9 cm³/mol. The molecule has 1 aliphatic heterocycles. The van der Waals surface area contributed by atoms with Crippen molar-refractivity contribution < 1.29 is 9.47 Å². The lowest BCUT2D eigenvalue weighted by atomic mass is 10.1. The third-order valence-corrected chi connectivity index (χ3v) is 5.33. The number of hydrogen-bond acceptors (Lipinski definition) is 5. The second-order valence-electron chi connectivity index (χ2n) is 5.96. The highest BCUT2D eigenvalue weighted by Crippen LogP contribution is 2.23. The van der Waals surface area contributed by atoms with Gasteiger partial charge in [0, 0.05) is 30.1 Å². The number of methoxy groups -OCH3 is 1. The number of likely N-dealkylation sites (tertiary alicyclic amines) is 1. The highest BCUT2D eigenvalue weighted by molar-refractivity contribution is 7.09. The topological polar surface area (TPSA) is 34.6 Å². The van der Waals surface area contributed by atoms with Gasteiger partial charge in [0.05, 0.1) is 31.0 Å². The Bertz CT molecular complexity index is 621. The third-order valence-electron chi connectivity index (χ3n) is 4.41. The van der Waals surface area contributed by atoms with Crippen molar-refractivity contribution in [2.24, 2.45) is 0 Å². The van der Waals surface area contributed by atoms with E-state index in [1.54, 1.807) is 18.4 Å². The summed E-state index contributed by atoms with van der Waals surface area (Å²) in [6, 6.07) is 8.07. The van der Waals surface area contributed by atoms with Crippen molar-refractivity contribution in [3.8, 4) is 5.75 Å². The van der Waals surface area contributed by atoms with Crippen molar-refractivity contribution in [1.29, 1.82) is 0 Å². The van der Waals surface area contributed by atoms with Gasteiger partial charge in [-0.15, -0.1) is 11.3 Å². The molecular formula is C18H24N2O2S. The molecule has 124 valence electrons. The largest absolute Gasteiger partial charge is 0.496 e. The molecule has 0 radical (unpaired) electrons. The summed E-state index contributed by atoms with van der Waals surface area (Å²) in [6.07, 6.45) is 2.53. The number of para-hydroxylation sites is 1. The average molecular weight is 332 g/mol. The zero-order valence-corrected chi connectivity index (χ0v) is 14.6. The van der Waals surface area contributed by atoms with E-state index in [1.165, 1.54) is 10.6 Å². The van der Waals surface area contributed by atoms with Crippen LogP contribution in [0.15, 0.2) is 29.8 Å². The Hall–Kier alpha value is -1.43. The van der Waals surface area contributed by atoms with Crippen LogP contribution < -0.4 is 4.74 Å². The van der Waals surface area contributed by atoms with E-state index in [-0.39, 0.29) is 0 Å². The zero-order chi connectivity index (χ0) is 16.1. The molecule has 4 nitrogen and oxygen atoms in total. The molecule has 1 aliphatic rings. The molecule has 0 aliphatic carbocycles. The van der Waals surface area contributed by atoms with Gasteiger partial charge in [0.15, 0.2) is 0 Å². The third kappa shape index (κ3) is 4.31. The van der Waals surface area contributed by atoms with Gasteiger partial charge in [-0.2, -0.15) is 0 Å². The van der Waals surface area contributed by atoms with Crippen LogP contribution in [0.3, 0.4) is 0 Å². The van der Waals surface area contributed by atoms with Gasteiger partial charge in [0.1, 0.15) is 5.75 Å². The van der Waals surface area contributed by atoms with Crippen LogP contribution in [0.4, 0.5) is 0 Å². The molecule has 2 heterocycles. The van der Waals surface area contributed by atoms with E-state index in [9.17, 15) is 0 Å². The summed E-state index contributed by atoms with van der Waals surface area (Å²) < 4.78 is 11.5. The molecule has 1 fully saturated rings. The Morgan fingerprint density at radius 3 is 2.74 bits per heavy atom. The number of benzene rings is 1. The van der Waals surface area contributed by atoms with Gasteiger partial charge >= 0.3 is 0 Å². The fraction of sp³-hybridized carbons (Fsp3) is 0.500. The minimum atomic E-state index is 0.346. The first-order valence-corrected chi connectivity index (χ1v) is 8.99. The van der Waals surface area contributed by atoms with Gasteiger partial charge in [-0.25, -0.2) is 4.98 Å². The molecule has 0 saturated carbocycles. The van der Waals surface area contributed by atoms with Crippen LogP contribution in [-0.2, 0) is 17.9 Å². The van der Waals surface area contributed by atoms with E-state index >= 15 is 0 Å². The van der Waals surface area contributed by atoms with E-state index in [4.69, 9.17) is 9.47 Å². The van der Waals surface area contributed by atoms with Gasteiger partial charge in [-0.1, -0.05) is 18.2 Å². The second kappa shape index (κ2) is 7.90. The minimum Gasteiger partial charge on any atom is -0.496 e. The Balaban J connectivity index is 1.45. The zero-order valence-electron chi connectivity index (χ0n) is 13.8. The van der Waals surface area contributed by atoms with Crippen molar-refractivity contribution in [3.05, 3.63) is 45.9 Å². The van der Waals surface area contributed by atoms with Crippen LogP contribution in [0.5, 0.6) is 5.75 Å². The van der Waals surface area contributed by atoms with Crippen LogP contribution in [0.1, 0.15) is 29.0 Å². The van der Waals surface area contributed by atoms with E-state index in [0.29, 0.717) is 12.7 Å². The SMILES string of the molecule is COc1ccccc1COC1CCN(Cc2scnc2C)CC1. The Morgan fingerprint density at radius 1 is 1.26 bits per heavy atom. The van der Waals surface area contributed by atoms with Crippen LogP contribution in [0.2, 0.25) is 0 Å². The number of aryl methyl sites for hydroxylation is 1. The maximum absolute atomic E-state index is 6.10. The maximum atomic E-state index is 6.10. The highest BCUT2D eigenvalue weighted by Gasteiger charge is 2.21. The van der Waals surface area contributed by atoms with Crippen LogP contribution in [0.25, 0.3) is 0 Å². The summed E-state index contributed by atoms with van der Waals surface area (Å²) in [5, 5.41) is 0. The molecule has 2 aromatic rings. The summed E-state index contributed by atoms with van der Waals surface area (Å²) in [7, 11) is 1.71. The second-order valence-corrected chi connectivity index (χ2v) is 6.90. The molecule has 3 rings (SSSR count). The molecule has 1 saturated heterocycles. The number of thiazole rings is 1. The molecule has 23 heavy (non-hydrogen) atoms. The Kier molecular flexibility index (Phi) is 5.65. The molecule has 0 N–H and O–H groups in total. The Labute approximate surface area is 142 Å². The number of rotatable bonds is 6. The number of aromatic nitrogens is 1. The lowest BCUT2D eigenvalue weighted by molar-refractivity contribution is -0.00442. The fourth-order valence-electron chi connectivity index (χ4n) is 2.94. The first kappa shape index (κ1) is 16.4. The quantitative estimate of drug-likeness (QED) is 0.809. The molecule has 0 bridgehead atoms. The maximum Gasteiger partial charge on any atom is 0.124 e. The highest BCUT2D eigenvalue weighted by atomic mass is 32.1. The number of ether oxygens (including phenoxy) is 2. The van der Waals surface area contributed by atoms with E-state index in [0.717, 1.165) is 43.8 Å². The molecule has 0 spiro atoms. The van der Waals surface area contributed by atoms with Gasteiger partial charge in [-0.05, 0) is 25.8 Å². The van der Waals surface area contributed by atoms with Gasteiger partial charge in [-0.3, -0.25) is 4.90 Å². The normalized spacial score (nSPS) is 16.6. The van der Waals surface area contributed by atoms with Crippen LogP contribution >= 0.6 is 11.3 Å². The van der Waals surface area contributed by atoms with Crippen molar-refractivity contribution in [1.82, 2.24) is 9.88 Å². The van der Waals surface area contributed by atoms with Crippen molar-refractivity contribution >= 4 is 11.3 Å². The summed E-state index contributed by atoms with van der Waals surface area (Å²) >= 11 is 1.76. The molecule has 1 aromatic carbocycles. The lowest BCUT2D eigenvalue weighted by Crippen LogP contribution is -2.36. The first-order chi connectivity index (χ1) is 11.3. The number of nitrogens with zero attached hydrogens (tertiary/aromatic N) is 2. The van der Waals surface area contributed by atoms with Gasteiger partial charge < -0.3 is 9.47 Å². The van der Waals surface area contributed by atoms with Crippen LogP contribution in [-0.4, -0.2) is 36.2 Å². The van der Waals surface area contributed by atoms with Gasteiger partial charge in [0.2, 0.25) is 0 Å². The van der Waals surface area contributed by atoms with E-state index in [2.05, 4.69) is 22.9 Å². The van der Waals surface area contributed by atoms with Gasteiger partial charge in [0.25, 0.3) is 0 Å². The van der Waals surface area contributed by atoms with Crippen molar-refractivity contribution in [2.45, 2.75) is 39.0 Å². The number of piperidine rings is 1.